The Morgan fingerprint density at radius 1 is 1.14 bits per heavy atom. The van der Waals surface area contributed by atoms with Crippen LogP contribution >= 0.6 is 0 Å². The number of aliphatic hydroxyl groups is 1. The molecule has 0 aliphatic rings. The SMILES string of the molecule is CCC(C)c1ccc(C=O)c(/C=C\N(C)C(C)CO)c1.CNC(=O)Cc1ccc(C(F)(F)F)c(F)c1. The van der Waals surface area contributed by atoms with Crippen LogP contribution in [-0.2, 0) is 17.4 Å². The molecule has 0 radical (unpaired) electrons. The van der Waals surface area contributed by atoms with Gasteiger partial charge in [0.15, 0.2) is 6.29 Å². The van der Waals surface area contributed by atoms with Gasteiger partial charge in [-0.3, -0.25) is 9.59 Å². The van der Waals surface area contributed by atoms with Crippen LogP contribution in [0, 0.1) is 5.82 Å². The number of hydrogen-bond donors (Lipinski definition) is 2. The number of nitrogens with zero attached hydrogens (tertiary/aromatic N) is 1. The van der Waals surface area contributed by atoms with Crippen molar-refractivity contribution in [2.24, 2.45) is 0 Å². The molecule has 36 heavy (non-hydrogen) atoms. The maximum atomic E-state index is 13.0. The molecule has 0 saturated carbocycles. The summed E-state index contributed by atoms with van der Waals surface area (Å²) in [7, 11) is 3.30. The highest BCUT2D eigenvalue weighted by Crippen LogP contribution is 2.31. The van der Waals surface area contributed by atoms with Crippen LogP contribution in [0.4, 0.5) is 17.6 Å². The van der Waals surface area contributed by atoms with Crippen LogP contribution in [0.2, 0.25) is 0 Å². The number of rotatable bonds is 9. The molecule has 2 rings (SSSR count). The van der Waals surface area contributed by atoms with Crippen molar-refractivity contribution in [3.63, 3.8) is 0 Å². The molecular weight excluding hydrogens is 476 g/mol. The lowest BCUT2D eigenvalue weighted by Crippen LogP contribution is -2.26. The number of alkyl halides is 3. The van der Waals surface area contributed by atoms with E-state index in [-0.39, 0.29) is 30.5 Å². The molecule has 2 N–H and O–H groups in total. The van der Waals surface area contributed by atoms with E-state index in [4.69, 9.17) is 5.11 Å². The zero-order valence-electron chi connectivity index (χ0n) is 21.2. The minimum atomic E-state index is -4.71. The maximum absolute atomic E-state index is 13.0. The first-order valence-electron chi connectivity index (χ1n) is 11.5. The summed E-state index contributed by atoms with van der Waals surface area (Å²) in [6.07, 6.45) is 0.938. The Kier molecular flexibility index (Phi) is 12.3. The number of carbonyl (C=O) groups excluding carboxylic acids is 2. The number of aliphatic hydroxyl groups excluding tert-OH is 1. The van der Waals surface area contributed by atoms with Crippen molar-refractivity contribution in [3.8, 4) is 0 Å². The largest absolute Gasteiger partial charge is 0.419 e. The Bertz CT molecular complexity index is 1040. The van der Waals surface area contributed by atoms with E-state index in [0.29, 0.717) is 17.5 Å². The second-order valence-electron chi connectivity index (χ2n) is 8.49. The monoisotopic (exact) mass is 510 g/mol. The molecule has 0 aromatic heterocycles. The van der Waals surface area contributed by atoms with E-state index in [2.05, 4.69) is 25.2 Å². The van der Waals surface area contributed by atoms with Gasteiger partial charge < -0.3 is 15.3 Å². The predicted molar refractivity (Wildman–Crippen MR) is 133 cm³/mol. The smallest absolute Gasteiger partial charge is 0.394 e. The Balaban J connectivity index is 0.000000369. The van der Waals surface area contributed by atoms with Gasteiger partial charge in [0.2, 0.25) is 5.91 Å². The van der Waals surface area contributed by atoms with Crippen molar-refractivity contribution in [3.05, 3.63) is 76.2 Å². The summed E-state index contributed by atoms with van der Waals surface area (Å²) in [6, 6.07) is 8.47. The van der Waals surface area contributed by atoms with Crippen molar-refractivity contribution < 1.29 is 32.3 Å². The van der Waals surface area contributed by atoms with Gasteiger partial charge in [-0.1, -0.05) is 38.1 Å². The molecule has 2 aromatic rings. The molecule has 0 aliphatic carbocycles. The lowest BCUT2D eigenvalue weighted by Gasteiger charge is -2.20. The zero-order valence-corrected chi connectivity index (χ0v) is 21.2. The number of amides is 1. The molecule has 0 bridgehead atoms. The van der Waals surface area contributed by atoms with E-state index >= 15 is 0 Å². The van der Waals surface area contributed by atoms with Crippen LogP contribution in [0.5, 0.6) is 0 Å². The molecule has 0 fully saturated rings. The summed E-state index contributed by atoms with van der Waals surface area (Å²) in [6.45, 7) is 6.39. The molecule has 9 heteroatoms. The van der Waals surface area contributed by atoms with Crippen LogP contribution in [0.25, 0.3) is 6.08 Å². The van der Waals surface area contributed by atoms with Gasteiger partial charge in [-0.25, -0.2) is 4.39 Å². The molecule has 0 spiro atoms. The van der Waals surface area contributed by atoms with E-state index < -0.39 is 17.6 Å². The van der Waals surface area contributed by atoms with Gasteiger partial charge in [-0.2, -0.15) is 13.2 Å². The fourth-order valence-electron chi connectivity index (χ4n) is 3.03. The van der Waals surface area contributed by atoms with Crippen LogP contribution in [0.3, 0.4) is 0 Å². The Morgan fingerprint density at radius 2 is 1.81 bits per heavy atom. The Morgan fingerprint density at radius 3 is 2.31 bits per heavy atom. The maximum Gasteiger partial charge on any atom is 0.419 e. The van der Waals surface area contributed by atoms with Gasteiger partial charge in [-0.15, -0.1) is 0 Å². The fourth-order valence-corrected chi connectivity index (χ4v) is 3.03. The first kappa shape index (κ1) is 30.8. The molecule has 2 unspecified atom stereocenters. The summed E-state index contributed by atoms with van der Waals surface area (Å²) in [5, 5.41) is 11.4. The average Bonchev–Trinajstić information content (AvgIpc) is 2.85. The minimum Gasteiger partial charge on any atom is -0.394 e. The molecule has 2 aromatic carbocycles. The van der Waals surface area contributed by atoms with Crippen molar-refractivity contribution in [1.29, 1.82) is 0 Å². The summed E-state index contributed by atoms with van der Waals surface area (Å²) in [5.41, 5.74) is 1.74. The molecule has 0 aliphatic heterocycles. The van der Waals surface area contributed by atoms with Gasteiger partial charge in [0.05, 0.1) is 18.6 Å². The fraction of sp³-hybridized carbons (Fsp3) is 0.407. The molecule has 5 nitrogen and oxygen atoms in total. The molecule has 1 amide bonds. The second kappa shape index (κ2) is 14.4. The Hall–Kier alpha value is -3.20. The standard InChI is InChI=1S/C17H25NO2.C10H9F4NO/c1-5-13(2)15-6-7-17(12-20)16(10-15)8-9-18(4)14(3)11-19;1-15-9(16)5-6-2-3-7(8(11)4-6)10(12,13)14/h6-10,12-14,19H,5,11H2,1-4H3;2-4H,5H2,1H3,(H,15,16)/b9-8-;. The highest BCUT2D eigenvalue weighted by Gasteiger charge is 2.33. The number of likely N-dealkylation sites (N-methyl/N-ethyl adjacent to an activating group) is 2. The normalized spacial score (nSPS) is 12.9. The molecule has 2 atom stereocenters. The first-order chi connectivity index (χ1) is 16.9. The van der Waals surface area contributed by atoms with Gasteiger partial charge in [0, 0.05) is 25.7 Å². The third-order valence-corrected chi connectivity index (χ3v) is 5.85. The number of halogens is 4. The predicted octanol–water partition coefficient (Wildman–Crippen LogP) is 5.43. The third kappa shape index (κ3) is 9.45. The van der Waals surface area contributed by atoms with Gasteiger partial charge in [-0.05, 0) is 60.4 Å². The second-order valence-corrected chi connectivity index (χ2v) is 8.49. The summed E-state index contributed by atoms with van der Waals surface area (Å²) in [4.78, 5) is 24.0. The van der Waals surface area contributed by atoms with Crippen LogP contribution in [0.1, 0.15) is 65.7 Å². The lowest BCUT2D eigenvalue weighted by atomic mass is 9.94. The van der Waals surface area contributed by atoms with Crippen LogP contribution in [0.15, 0.2) is 42.6 Å². The van der Waals surface area contributed by atoms with Gasteiger partial charge >= 0.3 is 6.18 Å². The first-order valence-corrected chi connectivity index (χ1v) is 11.5. The number of aldehydes is 1. The van der Waals surface area contributed by atoms with Crippen LogP contribution < -0.4 is 5.32 Å². The van der Waals surface area contributed by atoms with E-state index in [0.717, 1.165) is 30.4 Å². The number of carbonyl (C=O) groups is 2. The van der Waals surface area contributed by atoms with E-state index in [9.17, 15) is 27.2 Å². The van der Waals surface area contributed by atoms with Gasteiger partial charge in [0.1, 0.15) is 5.82 Å². The Labute approximate surface area is 209 Å². The topological polar surface area (TPSA) is 69.6 Å². The number of hydrogen-bond acceptors (Lipinski definition) is 4. The summed E-state index contributed by atoms with van der Waals surface area (Å²) < 4.78 is 49.6. The summed E-state index contributed by atoms with van der Waals surface area (Å²) >= 11 is 0. The average molecular weight is 511 g/mol. The zero-order chi connectivity index (χ0) is 27.5. The number of nitrogens with one attached hydrogen (secondary N) is 1. The van der Waals surface area contributed by atoms with E-state index in [1.165, 1.54) is 12.6 Å². The lowest BCUT2D eigenvalue weighted by molar-refractivity contribution is -0.140. The number of benzene rings is 2. The van der Waals surface area contributed by atoms with Crippen molar-refractivity contribution in [2.45, 2.75) is 51.7 Å². The van der Waals surface area contributed by atoms with Crippen molar-refractivity contribution in [2.75, 3.05) is 20.7 Å². The van der Waals surface area contributed by atoms with Gasteiger partial charge in [0.25, 0.3) is 0 Å². The molecule has 0 saturated heterocycles. The third-order valence-electron chi connectivity index (χ3n) is 5.85. The highest BCUT2D eigenvalue weighted by atomic mass is 19.4. The quantitative estimate of drug-likeness (QED) is 0.349. The van der Waals surface area contributed by atoms with E-state index in [1.807, 2.05) is 43.3 Å². The van der Waals surface area contributed by atoms with Crippen molar-refractivity contribution in [1.82, 2.24) is 10.2 Å². The van der Waals surface area contributed by atoms with Crippen LogP contribution in [-0.4, -0.2) is 48.9 Å². The molecule has 0 heterocycles. The highest BCUT2D eigenvalue weighted by molar-refractivity contribution is 5.82. The summed E-state index contributed by atoms with van der Waals surface area (Å²) in [5.74, 6) is -1.27. The minimum absolute atomic E-state index is 0.0590. The van der Waals surface area contributed by atoms with Crippen molar-refractivity contribution >= 4 is 18.3 Å². The molecular formula is C27H34F4N2O3. The molecule has 198 valence electrons. The van der Waals surface area contributed by atoms with E-state index in [1.54, 1.807) is 0 Å².